The zero-order valence-electron chi connectivity index (χ0n) is 21.7. The molecule has 0 saturated carbocycles. The van der Waals surface area contributed by atoms with Crippen LogP contribution in [0.25, 0.3) is 0 Å². The zero-order valence-corrected chi connectivity index (χ0v) is 23.4. The summed E-state index contributed by atoms with van der Waals surface area (Å²) in [5.41, 5.74) is 3.39. The third-order valence-corrected chi connectivity index (χ3v) is 10.4. The van der Waals surface area contributed by atoms with Crippen LogP contribution in [-0.4, -0.2) is 46.5 Å². The molecule has 0 fully saturated rings. The number of fused-ring (bicyclic) bond motifs is 2. The van der Waals surface area contributed by atoms with Crippen molar-refractivity contribution in [1.29, 1.82) is 0 Å². The minimum absolute atomic E-state index is 0.129. The zero-order chi connectivity index (χ0) is 27.0. The maximum absolute atomic E-state index is 13.4. The number of amides is 1. The van der Waals surface area contributed by atoms with Gasteiger partial charge in [-0.15, -0.1) is 11.3 Å². The van der Waals surface area contributed by atoms with Gasteiger partial charge in [0.15, 0.2) is 0 Å². The Labute approximate surface area is 227 Å². The van der Waals surface area contributed by atoms with Crippen molar-refractivity contribution in [2.45, 2.75) is 50.6 Å². The highest BCUT2D eigenvalue weighted by Gasteiger charge is 2.32. The summed E-state index contributed by atoms with van der Waals surface area (Å²) < 4.78 is 33.4. The van der Waals surface area contributed by atoms with E-state index in [0.717, 1.165) is 48.4 Å². The van der Waals surface area contributed by atoms with Crippen molar-refractivity contribution in [3.8, 4) is 0 Å². The first kappa shape index (κ1) is 26.4. The first-order chi connectivity index (χ1) is 18.2. The van der Waals surface area contributed by atoms with Crippen molar-refractivity contribution in [3.63, 3.8) is 0 Å². The number of para-hydroxylation sites is 1. The SMILES string of the molecule is COC(=O)c1c(NC(=O)c2ccc(S(=O)(=O)N3CCCc4ccccc43)cc2)sc2c1CC[NH+](C(C)C)C2. The molecule has 0 saturated heterocycles. The van der Waals surface area contributed by atoms with Gasteiger partial charge in [0.25, 0.3) is 15.9 Å². The van der Waals surface area contributed by atoms with Crippen LogP contribution in [0.2, 0.25) is 0 Å². The number of ether oxygens (including phenoxy) is 1. The first-order valence-electron chi connectivity index (χ1n) is 12.8. The number of anilines is 2. The van der Waals surface area contributed by atoms with Crippen LogP contribution in [0, 0.1) is 0 Å². The molecule has 10 heteroatoms. The van der Waals surface area contributed by atoms with Gasteiger partial charge in [0.1, 0.15) is 11.5 Å². The minimum atomic E-state index is -3.77. The number of methoxy groups -OCH3 is 1. The van der Waals surface area contributed by atoms with E-state index in [2.05, 4.69) is 19.2 Å². The summed E-state index contributed by atoms with van der Waals surface area (Å²) in [6.07, 6.45) is 2.34. The number of esters is 1. The number of sulfonamides is 1. The number of quaternary nitrogens is 1. The lowest BCUT2D eigenvalue weighted by Gasteiger charge is -2.30. The van der Waals surface area contributed by atoms with Crippen molar-refractivity contribution < 1.29 is 27.6 Å². The summed E-state index contributed by atoms with van der Waals surface area (Å²) in [6, 6.07) is 13.9. The summed E-state index contributed by atoms with van der Waals surface area (Å²) in [5.74, 6) is -0.872. The van der Waals surface area contributed by atoms with E-state index < -0.39 is 21.9 Å². The van der Waals surface area contributed by atoms with E-state index in [0.29, 0.717) is 34.4 Å². The number of hydrogen-bond acceptors (Lipinski definition) is 6. The molecule has 2 aliphatic heterocycles. The Morgan fingerprint density at radius 3 is 2.53 bits per heavy atom. The van der Waals surface area contributed by atoms with E-state index in [-0.39, 0.29) is 4.90 Å². The number of rotatable bonds is 6. The summed E-state index contributed by atoms with van der Waals surface area (Å²) in [6.45, 7) is 6.47. The second-order valence-corrected chi connectivity index (χ2v) is 12.9. The molecule has 5 rings (SSSR count). The van der Waals surface area contributed by atoms with Crippen LogP contribution >= 0.6 is 11.3 Å². The Morgan fingerprint density at radius 2 is 1.82 bits per heavy atom. The van der Waals surface area contributed by atoms with E-state index in [9.17, 15) is 18.0 Å². The predicted octanol–water partition coefficient (Wildman–Crippen LogP) is 3.28. The van der Waals surface area contributed by atoms with Gasteiger partial charge < -0.3 is 15.0 Å². The number of aryl methyl sites for hydroxylation is 1. The molecule has 38 heavy (non-hydrogen) atoms. The molecule has 3 heterocycles. The minimum Gasteiger partial charge on any atom is -0.465 e. The Bertz CT molecular complexity index is 1480. The summed E-state index contributed by atoms with van der Waals surface area (Å²) in [7, 11) is -2.43. The fourth-order valence-electron chi connectivity index (χ4n) is 5.23. The topological polar surface area (TPSA) is 97.2 Å². The largest absolute Gasteiger partial charge is 0.465 e. The number of nitrogens with zero attached hydrogens (tertiary/aromatic N) is 1. The van der Waals surface area contributed by atoms with Crippen LogP contribution in [0.5, 0.6) is 0 Å². The average molecular weight is 555 g/mol. The van der Waals surface area contributed by atoms with Crippen LogP contribution in [-0.2, 0) is 34.1 Å². The van der Waals surface area contributed by atoms with Gasteiger partial charge in [0.2, 0.25) is 0 Å². The first-order valence-corrected chi connectivity index (χ1v) is 15.1. The molecule has 200 valence electrons. The van der Waals surface area contributed by atoms with E-state index in [4.69, 9.17) is 4.74 Å². The number of carbonyl (C=O) groups is 2. The molecule has 0 bridgehead atoms. The quantitative estimate of drug-likeness (QED) is 0.456. The number of nitrogens with one attached hydrogen (secondary N) is 2. The van der Waals surface area contributed by atoms with Crippen LogP contribution in [0.3, 0.4) is 0 Å². The lowest BCUT2D eigenvalue weighted by molar-refractivity contribution is -0.936. The highest BCUT2D eigenvalue weighted by molar-refractivity contribution is 7.92. The molecule has 1 unspecified atom stereocenters. The summed E-state index contributed by atoms with van der Waals surface area (Å²) >= 11 is 1.41. The molecule has 1 aromatic heterocycles. The van der Waals surface area contributed by atoms with Crippen molar-refractivity contribution in [2.75, 3.05) is 29.8 Å². The fraction of sp³-hybridized carbons (Fsp3) is 0.357. The number of benzene rings is 2. The van der Waals surface area contributed by atoms with Crippen LogP contribution in [0.1, 0.15) is 57.0 Å². The maximum atomic E-state index is 13.4. The average Bonchev–Trinajstić information content (AvgIpc) is 3.29. The summed E-state index contributed by atoms with van der Waals surface area (Å²) in [4.78, 5) is 28.5. The molecule has 1 atom stereocenters. The maximum Gasteiger partial charge on any atom is 0.341 e. The number of thiophene rings is 1. The van der Waals surface area contributed by atoms with Gasteiger partial charge in [-0.25, -0.2) is 13.2 Å². The molecule has 1 amide bonds. The lowest BCUT2D eigenvalue weighted by atomic mass is 10.0. The highest BCUT2D eigenvalue weighted by Crippen LogP contribution is 2.36. The molecule has 2 N–H and O–H groups in total. The monoisotopic (exact) mass is 554 g/mol. The fourth-order valence-corrected chi connectivity index (χ4v) is 8.05. The Balaban J connectivity index is 1.38. The molecule has 0 radical (unpaired) electrons. The third kappa shape index (κ3) is 4.83. The molecular weight excluding hydrogens is 522 g/mol. The number of hydrogen-bond donors (Lipinski definition) is 2. The molecule has 3 aromatic rings. The van der Waals surface area contributed by atoms with Gasteiger partial charge in [0, 0.05) is 18.5 Å². The second-order valence-electron chi connectivity index (χ2n) is 9.98. The van der Waals surface area contributed by atoms with Gasteiger partial charge in [0.05, 0.1) is 40.7 Å². The van der Waals surface area contributed by atoms with Crippen molar-refractivity contribution in [3.05, 3.63) is 75.7 Å². The highest BCUT2D eigenvalue weighted by atomic mass is 32.2. The number of carbonyl (C=O) groups excluding carboxylic acids is 2. The molecule has 8 nitrogen and oxygen atoms in total. The van der Waals surface area contributed by atoms with Crippen LogP contribution in [0.4, 0.5) is 10.7 Å². The summed E-state index contributed by atoms with van der Waals surface area (Å²) in [5, 5.41) is 3.36. The van der Waals surface area contributed by atoms with Gasteiger partial charge in [-0.05, 0) is 68.1 Å². The Hall–Kier alpha value is -3.21. The van der Waals surface area contributed by atoms with Crippen molar-refractivity contribution >= 4 is 43.9 Å². The molecule has 2 aromatic carbocycles. The third-order valence-electron chi connectivity index (χ3n) is 7.38. The van der Waals surface area contributed by atoms with Crippen LogP contribution in [0.15, 0.2) is 53.4 Å². The van der Waals surface area contributed by atoms with E-state index in [1.807, 2.05) is 24.3 Å². The van der Waals surface area contributed by atoms with Gasteiger partial charge in [-0.3, -0.25) is 9.10 Å². The molecule has 0 aliphatic carbocycles. The lowest BCUT2D eigenvalue weighted by Crippen LogP contribution is -3.14. The van der Waals surface area contributed by atoms with E-state index >= 15 is 0 Å². The van der Waals surface area contributed by atoms with Crippen molar-refractivity contribution in [1.82, 2.24) is 0 Å². The molecular formula is C28H32N3O5S2+. The smallest absolute Gasteiger partial charge is 0.341 e. The van der Waals surface area contributed by atoms with Crippen molar-refractivity contribution in [2.24, 2.45) is 0 Å². The normalized spacial score (nSPS) is 17.1. The molecule has 2 aliphatic rings. The molecule has 0 spiro atoms. The Morgan fingerprint density at radius 1 is 1.08 bits per heavy atom. The van der Waals surface area contributed by atoms with Gasteiger partial charge in [-0.2, -0.15) is 0 Å². The second kappa shape index (κ2) is 10.5. The predicted molar refractivity (Wildman–Crippen MR) is 148 cm³/mol. The Kier molecular flexibility index (Phi) is 7.30. The standard InChI is InChI=1S/C28H31N3O5S2/c1-18(2)30-16-14-22-24(17-30)37-27(25(22)28(33)36-3)29-26(32)20-10-12-21(13-11-20)38(34,35)31-15-6-8-19-7-4-5-9-23(19)31/h4-5,7,9-13,18H,6,8,14-17H2,1-3H3,(H,29,32)/p+1. The van der Waals surface area contributed by atoms with E-state index in [1.54, 1.807) is 0 Å². The van der Waals surface area contributed by atoms with Gasteiger partial charge >= 0.3 is 5.97 Å². The van der Waals surface area contributed by atoms with Crippen LogP contribution < -0.4 is 14.5 Å². The van der Waals surface area contributed by atoms with E-state index in [1.165, 1.54) is 51.9 Å². The van der Waals surface area contributed by atoms with Gasteiger partial charge in [-0.1, -0.05) is 18.2 Å².